The molecule has 4 nitrogen and oxygen atoms in total. The van der Waals surface area contributed by atoms with Crippen molar-refractivity contribution in [1.82, 2.24) is 10.2 Å². The first-order valence-corrected chi connectivity index (χ1v) is 6.36. The monoisotopic (exact) mass is 230 g/mol. The van der Waals surface area contributed by atoms with E-state index >= 15 is 0 Å². The van der Waals surface area contributed by atoms with Gasteiger partial charge in [-0.1, -0.05) is 6.92 Å². The van der Waals surface area contributed by atoms with Crippen LogP contribution in [0.25, 0.3) is 0 Å². The highest BCUT2D eigenvalue weighted by Crippen LogP contribution is 2.14. The van der Waals surface area contributed by atoms with Gasteiger partial charge >= 0.3 is 0 Å². The van der Waals surface area contributed by atoms with Gasteiger partial charge in [-0.15, -0.1) is 0 Å². The Morgan fingerprint density at radius 2 is 2.19 bits per heavy atom. The van der Waals surface area contributed by atoms with Crippen molar-refractivity contribution in [2.24, 2.45) is 5.92 Å². The second-order valence-electron chi connectivity index (χ2n) is 4.36. The Kier molecular flexibility index (Phi) is 7.76. The van der Waals surface area contributed by atoms with E-state index in [0.717, 1.165) is 25.6 Å². The van der Waals surface area contributed by atoms with Gasteiger partial charge in [-0.3, -0.25) is 0 Å². The number of rotatable bonds is 9. The molecule has 0 aromatic heterocycles. The summed E-state index contributed by atoms with van der Waals surface area (Å²) in [5, 5.41) is 3.46. The molecule has 16 heavy (non-hydrogen) atoms. The Morgan fingerprint density at radius 1 is 1.31 bits per heavy atom. The molecule has 0 aromatic carbocycles. The molecule has 1 atom stereocenters. The highest BCUT2D eigenvalue weighted by molar-refractivity contribution is 4.75. The van der Waals surface area contributed by atoms with Crippen LogP contribution in [0.4, 0.5) is 0 Å². The minimum atomic E-state index is 0.689. The summed E-state index contributed by atoms with van der Waals surface area (Å²) in [6, 6.07) is 0. The van der Waals surface area contributed by atoms with Gasteiger partial charge in [-0.25, -0.2) is 0 Å². The van der Waals surface area contributed by atoms with E-state index in [1.165, 1.54) is 26.1 Å². The van der Waals surface area contributed by atoms with Crippen molar-refractivity contribution in [3.63, 3.8) is 0 Å². The van der Waals surface area contributed by atoms with E-state index in [9.17, 15) is 0 Å². The van der Waals surface area contributed by atoms with Crippen LogP contribution in [0.1, 0.15) is 13.3 Å². The zero-order chi connectivity index (χ0) is 11.6. The van der Waals surface area contributed by atoms with Crippen molar-refractivity contribution in [3.05, 3.63) is 0 Å². The molecule has 0 spiro atoms. The van der Waals surface area contributed by atoms with Crippen LogP contribution in [-0.4, -0.2) is 64.6 Å². The van der Waals surface area contributed by atoms with Crippen LogP contribution in [0, 0.1) is 5.92 Å². The molecule has 1 aliphatic rings. The van der Waals surface area contributed by atoms with Crippen molar-refractivity contribution >= 4 is 0 Å². The van der Waals surface area contributed by atoms with Gasteiger partial charge in [-0.05, 0) is 32.0 Å². The fraction of sp³-hybridized carbons (Fsp3) is 1.00. The topological polar surface area (TPSA) is 33.7 Å². The lowest BCUT2D eigenvalue weighted by molar-refractivity contribution is 0.0717. The minimum absolute atomic E-state index is 0.689. The summed E-state index contributed by atoms with van der Waals surface area (Å²) in [5.74, 6) is 0.832. The van der Waals surface area contributed by atoms with E-state index < -0.39 is 0 Å². The number of nitrogens with zero attached hydrogens (tertiary/aromatic N) is 1. The summed E-state index contributed by atoms with van der Waals surface area (Å²) in [4.78, 5) is 2.52. The summed E-state index contributed by atoms with van der Waals surface area (Å²) < 4.78 is 10.3. The second kappa shape index (κ2) is 8.93. The van der Waals surface area contributed by atoms with Crippen molar-refractivity contribution in [1.29, 1.82) is 0 Å². The quantitative estimate of drug-likeness (QED) is 0.588. The van der Waals surface area contributed by atoms with Gasteiger partial charge in [-0.2, -0.15) is 0 Å². The lowest BCUT2D eigenvalue weighted by Gasteiger charge is -2.13. The van der Waals surface area contributed by atoms with Gasteiger partial charge < -0.3 is 19.7 Å². The van der Waals surface area contributed by atoms with Crippen LogP contribution in [0.3, 0.4) is 0 Å². The maximum atomic E-state index is 5.38. The van der Waals surface area contributed by atoms with E-state index in [0.29, 0.717) is 13.2 Å². The first kappa shape index (κ1) is 13.9. The highest BCUT2D eigenvalue weighted by atomic mass is 16.5. The zero-order valence-corrected chi connectivity index (χ0v) is 10.7. The lowest BCUT2D eigenvalue weighted by atomic mass is 10.1. The molecule has 1 N–H and O–H groups in total. The fourth-order valence-electron chi connectivity index (χ4n) is 2.06. The van der Waals surface area contributed by atoms with Crippen LogP contribution in [0.5, 0.6) is 0 Å². The molecule has 1 aliphatic heterocycles. The molecule has 1 heterocycles. The number of methoxy groups -OCH3 is 1. The third kappa shape index (κ3) is 5.80. The molecule has 1 rings (SSSR count). The summed E-state index contributed by atoms with van der Waals surface area (Å²) in [6.07, 6.45) is 1.34. The number of nitrogens with one attached hydrogen (secondary N) is 1. The fourth-order valence-corrected chi connectivity index (χ4v) is 2.06. The van der Waals surface area contributed by atoms with E-state index in [1.54, 1.807) is 7.11 Å². The molecular formula is C12H26N2O2. The van der Waals surface area contributed by atoms with E-state index in [1.807, 2.05) is 0 Å². The van der Waals surface area contributed by atoms with E-state index in [4.69, 9.17) is 9.47 Å². The maximum Gasteiger partial charge on any atom is 0.0700 e. The lowest BCUT2D eigenvalue weighted by Crippen LogP contribution is -2.28. The van der Waals surface area contributed by atoms with Crippen molar-refractivity contribution < 1.29 is 9.47 Å². The molecule has 0 bridgehead atoms. The Morgan fingerprint density at radius 3 is 2.88 bits per heavy atom. The van der Waals surface area contributed by atoms with Crippen LogP contribution in [0.15, 0.2) is 0 Å². The SMILES string of the molecule is CCN1CCC(CNCCOCCOC)C1. The summed E-state index contributed by atoms with van der Waals surface area (Å²) in [7, 11) is 1.70. The van der Waals surface area contributed by atoms with Crippen molar-refractivity contribution in [3.8, 4) is 0 Å². The van der Waals surface area contributed by atoms with E-state index in [2.05, 4.69) is 17.1 Å². The molecule has 96 valence electrons. The van der Waals surface area contributed by atoms with Gasteiger partial charge in [0.2, 0.25) is 0 Å². The van der Waals surface area contributed by atoms with E-state index in [-0.39, 0.29) is 0 Å². The summed E-state index contributed by atoms with van der Waals surface area (Å²) >= 11 is 0. The predicted octanol–water partition coefficient (Wildman–Crippen LogP) is 0.581. The zero-order valence-electron chi connectivity index (χ0n) is 10.7. The second-order valence-corrected chi connectivity index (χ2v) is 4.36. The normalized spacial score (nSPS) is 21.8. The molecule has 1 fully saturated rings. The van der Waals surface area contributed by atoms with Gasteiger partial charge in [0.15, 0.2) is 0 Å². The van der Waals surface area contributed by atoms with Crippen LogP contribution in [-0.2, 0) is 9.47 Å². The Balaban J connectivity index is 1.84. The molecule has 0 saturated carbocycles. The maximum absolute atomic E-state index is 5.38. The van der Waals surface area contributed by atoms with Gasteiger partial charge in [0.05, 0.1) is 19.8 Å². The largest absolute Gasteiger partial charge is 0.382 e. The molecule has 0 amide bonds. The standard InChI is InChI=1S/C12H26N2O2/c1-3-14-6-4-12(11-14)10-13-5-7-16-9-8-15-2/h12-13H,3-11H2,1-2H3. The molecule has 0 radical (unpaired) electrons. The average molecular weight is 230 g/mol. The molecule has 1 unspecified atom stereocenters. The van der Waals surface area contributed by atoms with Crippen molar-refractivity contribution in [2.45, 2.75) is 13.3 Å². The number of likely N-dealkylation sites (tertiary alicyclic amines) is 1. The highest BCUT2D eigenvalue weighted by Gasteiger charge is 2.20. The van der Waals surface area contributed by atoms with Crippen LogP contribution < -0.4 is 5.32 Å². The third-order valence-corrected chi connectivity index (χ3v) is 3.11. The van der Waals surface area contributed by atoms with Gasteiger partial charge in [0, 0.05) is 20.2 Å². The van der Waals surface area contributed by atoms with Crippen LogP contribution in [0.2, 0.25) is 0 Å². The molecular weight excluding hydrogens is 204 g/mol. The van der Waals surface area contributed by atoms with Crippen molar-refractivity contribution in [2.75, 3.05) is 59.7 Å². The summed E-state index contributed by atoms with van der Waals surface area (Å²) in [5.41, 5.74) is 0. The van der Waals surface area contributed by atoms with Gasteiger partial charge in [0.25, 0.3) is 0 Å². The molecule has 0 aliphatic carbocycles. The minimum Gasteiger partial charge on any atom is -0.382 e. The first-order chi connectivity index (χ1) is 7.86. The van der Waals surface area contributed by atoms with Crippen LogP contribution >= 0.6 is 0 Å². The average Bonchev–Trinajstić information content (AvgIpc) is 2.76. The molecule has 0 aromatic rings. The Hall–Kier alpha value is -0.160. The van der Waals surface area contributed by atoms with Gasteiger partial charge in [0.1, 0.15) is 0 Å². The first-order valence-electron chi connectivity index (χ1n) is 6.36. The summed E-state index contributed by atoms with van der Waals surface area (Å²) in [6.45, 7) is 10.2. The smallest absolute Gasteiger partial charge is 0.0700 e. The Labute approximate surface area is 99.3 Å². The number of ether oxygens (including phenoxy) is 2. The number of hydrogen-bond acceptors (Lipinski definition) is 4. The third-order valence-electron chi connectivity index (χ3n) is 3.11. The molecule has 1 saturated heterocycles. The number of hydrogen-bond donors (Lipinski definition) is 1. The molecule has 4 heteroatoms. The predicted molar refractivity (Wildman–Crippen MR) is 65.8 cm³/mol. The Bertz CT molecular complexity index is 167.